The molecule has 0 aliphatic rings. The number of halogens is 1. The Morgan fingerprint density at radius 2 is 2.11 bits per heavy atom. The van der Waals surface area contributed by atoms with Gasteiger partial charge in [-0.3, -0.25) is 9.36 Å². The molecule has 0 atom stereocenters. The minimum absolute atomic E-state index is 0.188. The Morgan fingerprint density at radius 3 is 2.63 bits per heavy atom. The minimum atomic E-state index is -3.54. The molecular formula is C10H14ClN5O2S. The van der Waals surface area contributed by atoms with Crippen LogP contribution in [0, 0.1) is 6.92 Å². The molecule has 9 heteroatoms. The first-order valence-electron chi connectivity index (χ1n) is 5.56. The molecule has 0 aliphatic carbocycles. The second-order valence-corrected chi connectivity index (χ2v) is 6.21. The molecule has 104 valence electrons. The fourth-order valence-corrected chi connectivity index (χ4v) is 2.95. The van der Waals surface area contributed by atoms with Crippen LogP contribution in [0.25, 0.3) is 0 Å². The summed E-state index contributed by atoms with van der Waals surface area (Å²) in [6, 6.07) is 0. The van der Waals surface area contributed by atoms with Crippen LogP contribution in [-0.4, -0.2) is 34.5 Å². The summed E-state index contributed by atoms with van der Waals surface area (Å²) in [5.74, 6) is 0. The molecule has 19 heavy (non-hydrogen) atoms. The van der Waals surface area contributed by atoms with Gasteiger partial charge in [-0.05, 0) is 6.92 Å². The quantitative estimate of drug-likeness (QED) is 0.875. The second kappa shape index (κ2) is 5.32. The van der Waals surface area contributed by atoms with Gasteiger partial charge in [-0.1, -0.05) is 11.6 Å². The maximum atomic E-state index is 12.0. The molecule has 0 fully saturated rings. The van der Waals surface area contributed by atoms with Crippen molar-refractivity contribution in [3.05, 3.63) is 29.3 Å². The highest BCUT2D eigenvalue weighted by Crippen LogP contribution is 2.12. The van der Waals surface area contributed by atoms with Gasteiger partial charge in [0.05, 0.1) is 29.7 Å². The van der Waals surface area contributed by atoms with Crippen LogP contribution < -0.4 is 4.72 Å². The Bertz CT molecular complexity index is 676. The molecule has 0 saturated heterocycles. The van der Waals surface area contributed by atoms with Gasteiger partial charge in [-0.15, -0.1) is 0 Å². The molecule has 0 bridgehead atoms. The van der Waals surface area contributed by atoms with E-state index < -0.39 is 10.0 Å². The minimum Gasteiger partial charge on any atom is -0.272 e. The average molecular weight is 304 g/mol. The smallest absolute Gasteiger partial charge is 0.244 e. The Hall–Kier alpha value is -1.38. The van der Waals surface area contributed by atoms with Crippen molar-refractivity contribution < 1.29 is 8.42 Å². The first-order valence-corrected chi connectivity index (χ1v) is 7.42. The van der Waals surface area contributed by atoms with Gasteiger partial charge >= 0.3 is 0 Å². The molecule has 0 radical (unpaired) electrons. The van der Waals surface area contributed by atoms with Crippen molar-refractivity contribution in [2.75, 3.05) is 6.54 Å². The Balaban J connectivity index is 2.00. The maximum absolute atomic E-state index is 12.0. The van der Waals surface area contributed by atoms with E-state index in [1.807, 2.05) is 0 Å². The van der Waals surface area contributed by atoms with Gasteiger partial charge in [0.1, 0.15) is 4.90 Å². The third-order valence-corrected chi connectivity index (χ3v) is 4.47. The van der Waals surface area contributed by atoms with Crippen LogP contribution in [0.4, 0.5) is 0 Å². The topological polar surface area (TPSA) is 81.8 Å². The normalized spacial score (nSPS) is 11.9. The number of rotatable bonds is 5. The lowest BCUT2D eigenvalue weighted by atomic mass is 10.5. The lowest BCUT2D eigenvalue weighted by Gasteiger charge is -2.06. The molecular weight excluding hydrogens is 290 g/mol. The van der Waals surface area contributed by atoms with Crippen molar-refractivity contribution in [1.29, 1.82) is 0 Å². The van der Waals surface area contributed by atoms with E-state index in [0.717, 1.165) is 0 Å². The molecule has 2 rings (SSSR count). The molecule has 1 N–H and O–H groups in total. The van der Waals surface area contributed by atoms with Crippen molar-refractivity contribution in [2.45, 2.75) is 18.4 Å². The van der Waals surface area contributed by atoms with E-state index in [2.05, 4.69) is 14.9 Å². The number of sulfonamides is 1. The molecule has 2 aromatic heterocycles. The predicted molar refractivity (Wildman–Crippen MR) is 70.4 cm³/mol. The number of nitrogens with one attached hydrogen (secondary N) is 1. The number of aromatic nitrogens is 4. The standard InChI is InChI=1S/C10H14ClN5O2S/c1-8-10(6-12-15(8)2)19(17,18)14-3-4-16-7-9(11)5-13-16/h5-7,14H,3-4H2,1-2H3. The molecule has 0 aromatic carbocycles. The van der Waals surface area contributed by atoms with Gasteiger partial charge in [-0.25, -0.2) is 13.1 Å². The number of hydrogen-bond acceptors (Lipinski definition) is 4. The lowest BCUT2D eigenvalue weighted by molar-refractivity contribution is 0.560. The van der Waals surface area contributed by atoms with E-state index in [-0.39, 0.29) is 11.4 Å². The maximum Gasteiger partial charge on any atom is 0.244 e. The third-order valence-electron chi connectivity index (χ3n) is 2.71. The number of nitrogens with zero attached hydrogens (tertiary/aromatic N) is 4. The summed E-state index contributed by atoms with van der Waals surface area (Å²) in [5, 5.41) is 8.40. The van der Waals surface area contributed by atoms with Gasteiger partial charge in [0.15, 0.2) is 0 Å². The predicted octanol–water partition coefficient (Wildman–Crippen LogP) is 0.557. The largest absolute Gasteiger partial charge is 0.272 e. The van der Waals surface area contributed by atoms with Crippen molar-refractivity contribution in [1.82, 2.24) is 24.3 Å². The zero-order chi connectivity index (χ0) is 14.0. The van der Waals surface area contributed by atoms with Crippen molar-refractivity contribution in [3.8, 4) is 0 Å². The molecule has 0 unspecified atom stereocenters. The van der Waals surface area contributed by atoms with Gasteiger partial charge in [0.25, 0.3) is 0 Å². The highest BCUT2D eigenvalue weighted by Gasteiger charge is 2.19. The number of hydrogen-bond donors (Lipinski definition) is 1. The monoisotopic (exact) mass is 303 g/mol. The molecule has 0 saturated carbocycles. The zero-order valence-electron chi connectivity index (χ0n) is 10.5. The molecule has 0 spiro atoms. The van der Waals surface area contributed by atoms with Crippen LogP contribution in [0.15, 0.2) is 23.5 Å². The van der Waals surface area contributed by atoms with E-state index in [9.17, 15) is 8.42 Å². The van der Waals surface area contributed by atoms with Crippen LogP contribution >= 0.6 is 11.6 Å². The summed E-state index contributed by atoms with van der Waals surface area (Å²) < 4.78 is 29.7. The highest BCUT2D eigenvalue weighted by atomic mass is 35.5. The second-order valence-electron chi connectivity index (χ2n) is 4.04. The van der Waals surface area contributed by atoms with Gasteiger partial charge < -0.3 is 0 Å². The van der Waals surface area contributed by atoms with Crippen LogP contribution in [0.1, 0.15) is 5.69 Å². The van der Waals surface area contributed by atoms with Crippen molar-refractivity contribution >= 4 is 21.6 Å². The molecule has 2 aromatic rings. The van der Waals surface area contributed by atoms with Gasteiger partial charge in [-0.2, -0.15) is 10.2 Å². The first-order chi connectivity index (χ1) is 8.90. The van der Waals surface area contributed by atoms with Crippen LogP contribution in [-0.2, 0) is 23.6 Å². The molecule has 0 aliphatic heterocycles. The van der Waals surface area contributed by atoms with Crippen LogP contribution in [0.2, 0.25) is 5.02 Å². The third kappa shape index (κ3) is 3.14. The van der Waals surface area contributed by atoms with Crippen LogP contribution in [0.5, 0.6) is 0 Å². The summed E-state index contributed by atoms with van der Waals surface area (Å²) in [5.41, 5.74) is 0.592. The summed E-state index contributed by atoms with van der Waals surface area (Å²) in [6.45, 7) is 2.34. The van der Waals surface area contributed by atoms with E-state index >= 15 is 0 Å². The van der Waals surface area contributed by atoms with E-state index in [0.29, 0.717) is 17.3 Å². The lowest BCUT2D eigenvalue weighted by Crippen LogP contribution is -2.28. The number of aryl methyl sites for hydroxylation is 1. The van der Waals surface area contributed by atoms with E-state index in [4.69, 9.17) is 11.6 Å². The summed E-state index contributed by atoms with van der Waals surface area (Å²) >= 11 is 5.72. The molecule has 7 nitrogen and oxygen atoms in total. The van der Waals surface area contributed by atoms with E-state index in [1.165, 1.54) is 17.1 Å². The van der Waals surface area contributed by atoms with E-state index in [1.54, 1.807) is 24.9 Å². The fourth-order valence-electron chi connectivity index (χ4n) is 1.58. The Morgan fingerprint density at radius 1 is 1.37 bits per heavy atom. The molecule has 2 heterocycles. The fraction of sp³-hybridized carbons (Fsp3) is 0.400. The highest BCUT2D eigenvalue weighted by molar-refractivity contribution is 7.89. The molecule has 0 amide bonds. The summed E-state index contributed by atoms with van der Waals surface area (Å²) in [6.07, 6.45) is 4.47. The Kier molecular flexibility index (Phi) is 3.93. The Labute approximate surface area is 116 Å². The first kappa shape index (κ1) is 14.0. The van der Waals surface area contributed by atoms with Gasteiger partial charge in [0.2, 0.25) is 10.0 Å². The van der Waals surface area contributed by atoms with Crippen LogP contribution in [0.3, 0.4) is 0 Å². The van der Waals surface area contributed by atoms with Gasteiger partial charge in [0, 0.05) is 19.8 Å². The average Bonchev–Trinajstić information content (AvgIpc) is 2.87. The SMILES string of the molecule is Cc1c(S(=O)(=O)NCCn2cc(Cl)cn2)cnn1C. The van der Waals surface area contributed by atoms with Crippen molar-refractivity contribution in [2.24, 2.45) is 7.05 Å². The zero-order valence-corrected chi connectivity index (χ0v) is 12.1. The summed E-state index contributed by atoms with van der Waals surface area (Å²) in [7, 11) is -1.85. The van der Waals surface area contributed by atoms with Crippen molar-refractivity contribution in [3.63, 3.8) is 0 Å². The summed E-state index contributed by atoms with van der Waals surface area (Å²) in [4.78, 5) is 0.188.